The van der Waals surface area contributed by atoms with Crippen LogP contribution in [0.4, 0.5) is 18.2 Å². The van der Waals surface area contributed by atoms with E-state index in [-0.39, 0.29) is 5.52 Å². The summed E-state index contributed by atoms with van der Waals surface area (Å²) in [5.74, 6) is 0.457. The van der Waals surface area contributed by atoms with E-state index >= 15 is 0 Å². The number of nitrogens with zero attached hydrogens (tertiary/aromatic N) is 3. The number of alkyl halides is 3. The molecule has 2 aromatic heterocycles. The van der Waals surface area contributed by atoms with Gasteiger partial charge >= 0.3 is 6.18 Å². The van der Waals surface area contributed by atoms with Crippen LogP contribution in [0.5, 0.6) is 0 Å². The van der Waals surface area contributed by atoms with E-state index < -0.39 is 11.7 Å². The molecule has 1 saturated heterocycles. The molecule has 0 atom stereocenters. The van der Waals surface area contributed by atoms with Crippen molar-refractivity contribution >= 4 is 27.4 Å². The first kappa shape index (κ1) is 16.4. The first-order valence-corrected chi connectivity index (χ1v) is 8.84. The molecular formula is C17H16F3N3OS. The molecule has 1 aliphatic heterocycles. The molecule has 1 aromatic carbocycles. The van der Waals surface area contributed by atoms with E-state index in [0.717, 1.165) is 38.3 Å². The summed E-state index contributed by atoms with van der Waals surface area (Å²) in [5.41, 5.74) is -0.0633. The van der Waals surface area contributed by atoms with Crippen molar-refractivity contribution in [2.45, 2.75) is 12.7 Å². The van der Waals surface area contributed by atoms with E-state index in [0.29, 0.717) is 18.0 Å². The minimum absolute atomic E-state index is 0.252. The maximum atomic E-state index is 12.8. The SMILES string of the molecule is FC(F)(F)c1ccc2oc(CN3CCN(c4cccs4)CC3)nc2c1. The fourth-order valence-corrected chi connectivity index (χ4v) is 3.77. The molecule has 1 aliphatic rings. The number of hydrogen-bond acceptors (Lipinski definition) is 5. The fraction of sp³-hybridized carbons (Fsp3) is 0.353. The molecule has 0 radical (unpaired) electrons. The molecule has 4 rings (SSSR count). The lowest BCUT2D eigenvalue weighted by Crippen LogP contribution is -2.45. The van der Waals surface area contributed by atoms with E-state index in [4.69, 9.17) is 4.42 Å². The minimum Gasteiger partial charge on any atom is -0.439 e. The van der Waals surface area contributed by atoms with Gasteiger partial charge in [-0.3, -0.25) is 4.90 Å². The summed E-state index contributed by atoms with van der Waals surface area (Å²) in [6, 6.07) is 7.55. The third-order valence-electron chi connectivity index (χ3n) is 4.31. The van der Waals surface area contributed by atoms with Crippen LogP contribution in [0.3, 0.4) is 0 Å². The van der Waals surface area contributed by atoms with Crippen molar-refractivity contribution in [2.24, 2.45) is 0 Å². The molecule has 0 bridgehead atoms. The molecule has 132 valence electrons. The van der Waals surface area contributed by atoms with Crippen LogP contribution in [0, 0.1) is 0 Å². The Hall–Kier alpha value is -2.06. The lowest BCUT2D eigenvalue weighted by Gasteiger charge is -2.34. The molecule has 0 spiro atoms. The number of halogens is 3. The lowest BCUT2D eigenvalue weighted by molar-refractivity contribution is -0.137. The summed E-state index contributed by atoms with van der Waals surface area (Å²) < 4.78 is 43.9. The number of aromatic nitrogens is 1. The number of anilines is 1. The van der Waals surface area contributed by atoms with Gasteiger partial charge in [0.25, 0.3) is 0 Å². The maximum Gasteiger partial charge on any atom is 0.416 e. The number of piperazine rings is 1. The zero-order valence-corrected chi connectivity index (χ0v) is 14.1. The summed E-state index contributed by atoms with van der Waals surface area (Å²) in [4.78, 5) is 8.77. The first-order valence-electron chi connectivity index (χ1n) is 7.96. The minimum atomic E-state index is -4.37. The van der Waals surface area contributed by atoms with Gasteiger partial charge in [0.15, 0.2) is 5.58 Å². The number of benzene rings is 1. The average molecular weight is 367 g/mol. The van der Waals surface area contributed by atoms with Crippen molar-refractivity contribution in [2.75, 3.05) is 31.1 Å². The second kappa shape index (κ2) is 6.34. The van der Waals surface area contributed by atoms with Crippen molar-refractivity contribution in [3.63, 3.8) is 0 Å². The van der Waals surface area contributed by atoms with Gasteiger partial charge in [0.2, 0.25) is 5.89 Å². The quantitative estimate of drug-likeness (QED) is 0.694. The van der Waals surface area contributed by atoms with Crippen molar-refractivity contribution in [1.82, 2.24) is 9.88 Å². The summed E-state index contributed by atoms with van der Waals surface area (Å²) in [6.45, 7) is 4.07. The third-order valence-corrected chi connectivity index (χ3v) is 5.24. The van der Waals surface area contributed by atoms with Crippen LogP contribution < -0.4 is 4.90 Å². The molecule has 3 aromatic rings. The topological polar surface area (TPSA) is 32.5 Å². The van der Waals surface area contributed by atoms with E-state index in [9.17, 15) is 13.2 Å². The van der Waals surface area contributed by atoms with Crippen LogP contribution in [0.1, 0.15) is 11.5 Å². The van der Waals surface area contributed by atoms with Crippen LogP contribution >= 0.6 is 11.3 Å². The van der Waals surface area contributed by atoms with Gasteiger partial charge in [0.05, 0.1) is 17.1 Å². The van der Waals surface area contributed by atoms with E-state index in [2.05, 4.69) is 26.2 Å². The van der Waals surface area contributed by atoms with E-state index in [1.165, 1.54) is 11.1 Å². The predicted molar refractivity (Wildman–Crippen MR) is 90.8 cm³/mol. The predicted octanol–water partition coefficient (Wildman–Crippen LogP) is 4.23. The highest BCUT2D eigenvalue weighted by Crippen LogP contribution is 2.31. The Morgan fingerprint density at radius 3 is 2.60 bits per heavy atom. The van der Waals surface area contributed by atoms with Crippen molar-refractivity contribution in [3.05, 3.63) is 47.2 Å². The van der Waals surface area contributed by atoms with Crippen molar-refractivity contribution < 1.29 is 17.6 Å². The maximum absolute atomic E-state index is 12.8. The van der Waals surface area contributed by atoms with Crippen molar-refractivity contribution in [1.29, 1.82) is 0 Å². The molecule has 4 nitrogen and oxygen atoms in total. The Morgan fingerprint density at radius 2 is 1.92 bits per heavy atom. The molecule has 8 heteroatoms. The molecule has 0 amide bonds. The standard InChI is InChI=1S/C17H16F3N3OS/c18-17(19,20)12-3-4-14-13(10-12)21-15(24-14)11-22-5-7-23(8-6-22)16-2-1-9-25-16/h1-4,9-10H,5-8,11H2. The van der Waals surface area contributed by atoms with Crippen LogP contribution in [0.2, 0.25) is 0 Å². The number of rotatable bonds is 3. The van der Waals surface area contributed by atoms with Crippen LogP contribution in [-0.4, -0.2) is 36.1 Å². The number of hydrogen-bond donors (Lipinski definition) is 0. The van der Waals surface area contributed by atoms with Crippen molar-refractivity contribution in [3.8, 4) is 0 Å². The number of oxazole rings is 1. The van der Waals surface area contributed by atoms with Gasteiger partial charge in [0.1, 0.15) is 5.52 Å². The van der Waals surface area contributed by atoms with Crippen LogP contribution in [0.15, 0.2) is 40.1 Å². The smallest absolute Gasteiger partial charge is 0.416 e. The normalized spacial score (nSPS) is 16.7. The molecular weight excluding hydrogens is 351 g/mol. The second-order valence-corrected chi connectivity index (χ2v) is 6.93. The lowest BCUT2D eigenvalue weighted by atomic mass is 10.2. The summed E-state index contributed by atoms with van der Waals surface area (Å²) in [7, 11) is 0. The van der Waals surface area contributed by atoms with Gasteiger partial charge in [0, 0.05) is 26.2 Å². The number of thiophene rings is 1. The zero-order valence-electron chi connectivity index (χ0n) is 13.3. The molecule has 0 aliphatic carbocycles. The molecule has 25 heavy (non-hydrogen) atoms. The Morgan fingerprint density at radius 1 is 1.12 bits per heavy atom. The average Bonchev–Trinajstić information content (AvgIpc) is 3.23. The Balaban J connectivity index is 1.43. The monoisotopic (exact) mass is 367 g/mol. The largest absolute Gasteiger partial charge is 0.439 e. The summed E-state index contributed by atoms with van der Waals surface area (Å²) >= 11 is 1.73. The second-order valence-electron chi connectivity index (χ2n) is 6.00. The highest BCUT2D eigenvalue weighted by molar-refractivity contribution is 7.14. The van der Waals surface area contributed by atoms with E-state index in [1.807, 2.05) is 6.07 Å². The third kappa shape index (κ3) is 3.50. The van der Waals surface area contributed by atoms with Crippen LogP contribution in [0.25, 0.3) is 11.1 Å². The Labute approximate surface area is 146 Å². The van der Waals surface area contributed by atoms with Gasteiger partial charge in [-0.2, -0.15) is 13.2 Å². The van der Waals surface area contributed by atoms with Gasteiger partial charge in [-0.15, -0.1) is 11.3 Å². The molecule has 1 fully saturated rings. The highest BCUT2D eigenvalue weighted by atomic mass is 32.1. The first-order chi connectivity index (χ1) is 12.0. The summed E-state index contributed by atoms with van der Waals surface area (Å²) in [5, 5.41) is 3.33. The molecule has 0 saturated carbocycles. The van der Waals surface area contributed by atoms with Gasteiger partial charge in [-0.25, -0.2) is 4.98 Å². The zero-order chi connectivity index (χ0) is 17.4. The van der Waals surface area contributed by atoms with Gasteiger partial charge < -0.3 is 9.32 Å². The molecule has 3 heterocycles. The Kier molecular flexibility index (Phi) is 4.16. The molecule has 0 unspecified atom stereocenters. The highest BCUT2D eigenvalue weighted by Gasteiger charge is 2.31. The molecule has 0 N–H and O–H groups in total. The van der Waals surface area contributed by atoms with Gasteiger partial charge in [-0.1, -0.05) is 0 Å². The van der Waals surface area contributed by atoms with Crippen LogP contribution in [-0.2, 0) is 12.7 Å². The Bertz CT molecular complexity index is 852. The number of fused-ring (bicyclic) bond motifs is 1. The van der Waals surface area contributed by atoms with E-state index in [1.54, 1.807) is 11.3 Å². The van der Waals surface area contributed by atoms with Gasteiger partial charge in [-0.05, 0) is 35.7 Å². The fourth-order valence-electron chi connectivity index (χ4n) is 2.99. The summed E-state index contributed by atoms with van der Waals surface area (Å²) in [6.07, 6.45) is -4.37.